The van der Waals surface area contributed by atoms with E-state index in [1.807, 2.05) is 0 Å². The van der Waals surface area contributed by atoms with Crippen LogP contribution in [0.4, 0.5) is 0 Å². The first-order chi connectivity index (χ1) is 0. The molecule has 0 aliphatic carbocycles. The maximum absolute atomic E-state index is 0. The molecule has 0 unspecified atom stereocenters. The molecule has 9 heteroatoms. The van der Waals surface area contributed by atoms with Gasteiger partial charge in [-0.2, -0.15) is 0 Å². The van der Waals surface area contributed by atoms with E-state index in [0.29, 0.717) is 0 Å². The van der Waals surface area contributed by atoms with Crippen molar-refractivity contribution in [2.24, 2.45) is 0 Å². The van der Waals surface area contributed by atoms with Crippen molar-refractivity contribution in [3.8, 4) is 0 Å². The van der Waals surface area contributed by atoms with Crippen LogP contribution in [0, 0.1) is 0 Å². The van der Waals surface area contributed by atoms with Crippen LogP contribution in [-0.2, 0) is 95.7 Å². The second-order valence-corrected chi connectivity index (χ2v) is 0. The third-order valence-electron chi connectivity index (χ3n) is 0. The molecule has 0 heterocycles. The average molecular weight is 306 g/mol. The molecule has 0 bridgehead atoms. The fourth-order valence-corrected chi connectivity index (χ4v) is 0. The van der Waals surface area contributed by atoms with Crippen molar-refractivity contribution >= 4 is 0 Å². The van der Waals surface area contributed by atoms with Gasteiger partial charge in [-0.05, 0) is 0 Å². The Morgan fingerprint density at radius 1 is 0.444 bits per heavy atom. The SMILES string of the molecule is [Cr+3].[Cr+3].[Cu+2].[Ni+2].[O-2].[O-2].[O-2].[O-2].[O-2]. The van der Waals surface area contributed by atoms with Crippen LogP contribution in [0.5, 0.6) is 0 Å². The number of hydrogen-bond donors (Lipinski definition) is 0. The molecule has 0 saturated heterocycles. The molecule has 0 atom stereocenters. The van der Waals surface area contributed by atoms with Crippen molar-refractivity contribution in [1.29, 1.82) is 0 Å². The van der Waals surface area contributed by atoms with Crippen molar-refractivity contribution in [3.05, 3.63) is 0 Å². The Hall–Kier alpha value is 1.88. The molecule has 63 valence electrons. The van der Waals surface area contributed by atoms with Crippen molar-refractivity contribution in [1.82, 2.24) is 0 Å². The number of rotatable bonds is 0. The van der Waals surface area contributed by atoms with Gasteiger partial charge in [0, 0.05) is 0 Å². The first-order valence-electron chi connectivity index (χ1n) is 0. The summed E-state index contributed by atoms with van der Waals surface area (Å²) in [5.41, 5.74) is 0. The molecule has 0 fully saturated rings. The molecule has 5 nitrogen and oxygen atoms in total. The van der Waals surface area contributed by atoms with Gasteiger partial charge in [0.15, 0.2) is 0 Å². The molecular formula is Cr2CuNiO5. The summed E-state index contributed by atoms with van der Waals surface area (Å²) in [5.74, 6) is 0. The molecule has 0 N–H and O–H groups in total. The van der Waals surface area contributed by atoms with Crippen molar-refractivity contribution in [2.45, 2.75) is 0 Å². The van der Waals surface area contributed by atoms with Crippen LogP contribution in [-0.4, -0.2) is 0 Å². The van der Waals surface area contributed by atoms with Crippen LogP contribution in [0.25, 0.3) is 0 Å². The van der Waals surface area contributed by atoms with E-state index in [1.165, 1.54) is 0 Å². The average Bonchev–Trinajstić information content (AvgIpc) is 0. The minimum atomic E-state index is 0. The van der Waals surface area contributed by atoms with E-state index in [0.717, 1.165) is 0 Å². The van der Waals surface area contributed by atoms with Crippen LogP contribution in [0.1, 0.15) is 0 Å². The predicted molar refractivity (Wildman–Crippen MR) is 3.43 cm³/mol. The van der Waals surface area contributed by atoms with Crippen molar-refractivity contribution in [3.63, 3.8) is 0 Å². The fourth-order valence-electron chi connectivity index (χ4n) is 0. The van der Waals surface area contributed by atoms with Gasteiger partial charge in [0.2, 0.25) is 0 Å². The molecule has 0 rings (SSSR count). The summed E-state index contributed by atoms with van der Waals surface area (Å²) in [7, 11) is 0. The second kappa shape index (κ2) is 221. The Morgan fingerprint density at radius 2 is 0.444 bits per heavy atom. The Kier molecular flexibility index (Phi) is 7380. The summed E-state index contributed by atoms with van der Waals surface area (Å²) in [4.78, 5) is 0. The molecule has 9 heavy (non-hydrogen) atoms. The van der Waals surface area contributed by atoms with Gasteiger partial charge in [-0.3, -0.25) is 0 Å². The smallest absolute Gasteiger partial charge is 2.00 e. The summed E-state index contributed by atoms with van der Waals surface area (Å²) in [6, 6.07) is 0. The van der Waals surface area contributed by atoms with Gasteiger partial charge in [-0.25, -0.2) is 0 Å². The van der Waals surface area contributed by atoms with Crippen LogP contribution in [0.3, 0.4) is 0 Å². The molecule has 0 aromatic carbocycles. The standard InChI is InChI=1S/2Cr.Cu.Ni.5O/q2*+3;2*+2;5*-2. The molecule has 0 aliphatic rings. The summed E-state index contributed by atoms with van der Waals surface area (Å²) < 4.78 is 0. The van der Waals surface area contributed by atoms with E-state index in [2.05, 4.69) is 0 Å². The summed E-state index contributed by atoms with van der Waals surface area (Å²) in [6.45, 7) is 0. The molecule has 0 saturated carbocycles. The zero-order valence-electron chi connectivity index (χ0n) is 3.48. The van der Waals surface area contributed by atoms with E-state index in [-0.39, 0.29) is 95.7 Å². The molecule has 0 spiro atoms. The fraction of sp³-hybridized carbons (Fsp3) is 0. The molecule has 0 aromatic rings. The Labute approximate surface area is 95.2 Å². The summed E-state index contributed by atoms with van der Waals surface area (Å²) in [5, 5.41) is 0. The van der Waals surface area contributed by atoms with E-state index in [9.17, 15) is 0 Å². The molecule has 0 amide bonds. The van der Waals surface area contributed by atoms with E-state index in [1.54, 1.807) is 0 Å². The van der Waals surface area contributed by atoms with Gasteiger partial charge < -0.3 is 27.4 Å². The van der Waals surface area contributed by atoms with E-state index >= 15 is 0 Å². The normalized spacial score (nSPS) is 0. The summed E-state index contributed by atoms with van der Waals surface area (Å²) in [6.07, 6.45) is 0. The zero-order chi connectivity index (χ0) is 0. The molecular weight excluding hydrogens is 306 g/mol. The van der Waals surface area contributed by atoms with Crippen LogP contribution in [0.15, 0.2) is 0 Å². The minimum Gasteiger partial charge on any atom is -2.00 e. The Morgan fingerprint density at radius 3 is 0.444 bits per heavy atom. The van der Waals surface area contributed by atoms with Crippen LogP contribution in [0.2, 0.25) is 0 Å². The van der Waals surface area contributed by atoms with Crippen LogP contribution < -0.4 is 0 Å². The Balaban J connectivity index is 0. The first kappa shape index (κ1) is 301. The zero-order valence-corrected chi connectivity index (χ0v) is 7.95. The van der Waals surface area contributed by atoms with E-state index < -0.39 is 0 Å². The third-order valence-corrected chi connectivity index (χ3v) is 0. The predicted octanol–water partition coefficient (Wildman–Crippen LogP) is -0.604. The van der Waals surface area contributed by atoms with Crippen LogP contribution >= 0.6 is 0 Å². The van der Waals surface area contributed by atoms with Crippen molar-refractivity contribution < 1.29 is 95.7 Å². The minimum absolute atomic E-state index is 0. The third kappa shape index (κ3) is 174. The second-order valence-electron chi connectivity index (χ2n) is 0. The van der Waals surface area contributed by atoms with Gasteiger partial charge in [0.25, 0.3) is 0 Å². The Bertz CT molecular complexity index is 14.9. The topological polar surface area (TPSA) is 142 Å². The van der Waals surface area contributed by atoms with Gasteiger partial charge >= 0.3 is 68.3 Å². The number of hydrogen-bond acceptors (Lipinski definition) is 0. The first-order valence-corrected chi connectivity index (χ1v) is 0. The van der Waals surface area contributed by atoms with E-state index in [4.69, 9.17) is 0 Å². The van der Waals surface area contributed by atoms with Gasteiger partial charge in [0.1, 0.15) is 0 Å². The quantitative estimate of drug-likeness (QED) is 0.526. The summed E-state index contributed by atoms with van der Waals surface area (Å²) >= 11 is 0. The van der Waals surface area contributed by atoms with Gasteiger partial charge in [-0.1, -0.05) is 0 Å². The maximum Gasteiger partial charge on any atom is 3.00 e. The van der Waals surface area contributed by atoms with Gasteiger partial charge in [0.05, 0.1) is 0 Å². The maximum atomic E-state index is 0. The molecule has 0 aromatic heterocycles. The molecule has 3 radical (unpaired) electrons. The molecule has 0 aliphatic heterocycles. The largest absolute Gasteiger partial charge is 3.00 e. The van der Waals surface area contributed by atoms with Gasteiger partial charge in [-0.15, -0.1) is 0 Å². The van der Waals surface area contributed by atoms with Crippen molar-refractivity contribution in [2.75, 3.05) is 0 Å². The monoisotopic (exact) mass is 305 g/mol.